The number of pyridine rings is 1. The van der Waals surface area contributed by atoms with E-state index >= 15 is 0 Å². The molecule has 0 aromatic carbocycles. The average molecular weight is 621 g/mol. The van der Waals surface area contributed by atoms with Gasteiger partial charge in [0.15, 0.2) is 0 Å². The van der Waals surface area contributed by atoms with Crippen LogP contribution in [-0.4, -0.2) is 118 Å². The maximum Gasteiger partial charge on any atom is 0.410 e. The van der Waals surface area contributed by atoms with Crippen LogP contribution in [0.25, 0.3) is 0 Å². The SMILES string of the molecule is C=CN=C(N=C1CC=C(C(=O)N(C)C)N1C1CCCOC1)Nc1ccc(C(=O)N2CC3CCC(C2)N3C(=O)OC(C)(C)C)cn1. The summed E-state index contributed by atoms with van der Waals surface area (Å²) in [6.07, 6.45) is 8.42. The van der Waals surface area contributed by atoms with Crippen molar-refractivity contribution >= 4 is 35.5 Å². The fraction of sp³-hybridized carbons (Fsp3) is 0.562. The molecule has 0 radical (unpaired) electrons. The summed E-state index contributed by atoms with van der Waals surface area (Å²) in [4.78, 5) is 59.9. The van der Waals surface area contributed by atoms with Gasteiger partial charge in [-0.1, -0.05) is 6.58 Å². The van der Waals surface area contributed by atoms with Crippen LogP contribution in [-0.2, 0) is 14.3 Å². The third-order valence-corrected chi connectivity index (χ3v) is 8.21. The lowest BCUT2D eigenvalue weighted by molar-refractivity contribution is -0.126. The van der Waals surface area contributed by atoms with Gasteiger partial charge >= 0.3 is 6.09 Å². The molecule has 3 fully saturated rings. The number of likely N-dealkylation sites (N-methyl/N-ethyl adjacent to an activating group) is 1. The predicted octanol–water partition coefficient (Wildman–Crippen LogP) is 3.47. The molecule has 1 aromatic rings. The highest BCUT2D eigenvalue weighted by Gasteiger charge is 2.45. The number of hydrogen-bond donors (Lipinski definition) is 1. The quantitative estimate of drug-likeness (QED) is 0.391. The summed E-state index contributed by atoms with van der Waals surface area (Å²) in [5.41, 5.74) is 0.460. The van der Waals surface area contributed by atoms with Gasteiger partial charge in [0.1, 0.15) is 23.0 Å². The Hall–Kier alpha value is -4.26. The van der Waals surface area contributed by atoms with Crippen LogP contribution < -0.4 is 5.32 Å². The topological polar surface area (TPSA) is 132 Å². The van der Waals surface area contributed by atoms with Crippen molar-refractivity contribution in [2.75, 3.05) is 45.7 Å². The molecule has 13 heteroatoms. The van der Waals surface area contributed by atoms with Crippen molar-refractivity contribution in [3.63, 3.8) is 0 Å². The Morgan fingerprint density at radius 1 is 1.13 bits per heavy atom. The van der Waals surface area contributed by atoms with E-state index < -0.39 is 5.60 Å². The van der Waals surface area contributed by atoms with E-state index in [2.05, 4.69) is 21.9 Å². The zero-order valence-electron chi connectivity index (χ0n) is 26.9. The molecular weight excluding hydrogens is 576 g/mol. The van der Waals surface area contributed by atoms with Gasteiger partial charge in [-0.05, 0) is 64.7 Å². The Kier molecular flexibility index (Phi) is 9.56. The van der Waals surface area contributed by atoms with Crippen molar-refractivity contribution in [3.8, 4) is 0 Å². The van der Waals surface area contributed by atoms with Gasteiger partial charge in [0.2, 0.25) is 5.96 Å². The molecule has 3 amide bonds. The summed E-state index contributed by atoms with van der Waals surface area (Å²) in [6, 6.07) is 3.29. The number of amidine groups is 1. The van der Waals surface area contributed by atoms with Crippen LogP contribution in [0.15, 0.2) is 52.9 Å². The normalized spacial score (nSPS) is 24.4. The molecule has 0 saturated carbocycles. The summed E-state index contributed by atoms with van der Waals surface area (Å²) in [5, 5.41) is 3.12. The highest BCUT2D eigenvalue weighted by atomic mass is 16.6. The van der Waals surface area contributed by atoms with Crippen LogP contribution in [0, 0.1) is 0 Å². The number of ether oxygens (including phenoxy) is 2. The fourth-order valence-electron chi connectivity index (χ4n) is 6.25. The Labute approximate surface area is 264 Å². The van der Waals surface area contributed by atoms with E-state index in [1.165, 1.54) is 12.4 Å². The second-order valence-corrected chi connectivity index (χ2v) is 12.9. The minimum Gasteiger partial charge on any atom is -0.444 e. The number of likely N-dealkylation sites (tertiary alicyclic amines) is 1. The van der Waals surface area contributed by atoms with Crippen molar-refractivity contribution in [1.82, 2.24) is 24.6 Å². The highest BCUT2D eigenvalue weighted by molar-refractivity contribution is 6.08. The lowest BCUT2D eigenvalue weighted by Gasteiger charge is -2.41. The first-order valence-corrected chi connectivity index (χ1v) is 15.5. The molecule has 1 aromatic heterocycles. The number of aliphatic imine (C=N–C) groups is 2. The maximum absolute atomic E-state index is 13.4. The monoisotopic (exact) mass is 620 g/mol. The third kappa shape index (κ3) is 7.35. The van der Waals surface area contributed by atoms with E-state index in [0.717, 1.165) is 25.7 Å². The van der Waals surface area contributed by atoms with Crippen molar-refractivity contribution < 1.29 is 23.9 Å². The van der Waals surface area contributed by atoms with Gasteiger partial charge in [-0.15, -0.1) is 0 Å². The van der Waals surface area contributed by atoms with Gasteiger partial charge < -0.3 is 29.5 Å². The minimum atomic E-state index is -0.571. The van der Waals surface area contributed by atoms with Crippen LogP contribution in [0.5, 0.6) is 0 Å². The second kappa shape index (κ2) is 13.4. The molecule has 45 heavy (non-hydrogen) atoms. The van der Waals surface area contributed by atoms with Crippen molar-refractivity contribution in [2.24, 2.45) is 9.98 Å². The number of anilines is 1. The number of fused-ring (bicyclic) bond motifs is 2. The zero-order chi connectivity index (χ0) is 32.3. The summed E-state index contributed by atoms with van der Waals surface area (Å²) in [7, 11) is 3.46. The van der Waals surface area contributed by atoms with Crippen LogP contribution >= 0.6 is 0 Å². The number of rotatable bonds is 5. The molecule has 4 aliphatic rings. The van der Waals surface area contributed by atoms with Crippen LogP contribution in [0.3, 0.4) is 0 Å². The summed E-state index contributed by atoms with van der Waals surface area (Å²) in [6.45, 7) is 11.4. The van der Waals surface area contributed by atoms with Gasteiger partial charge in [0.05, 0.1) is 30.3 Å². The number of piperazine rings is 1. The molecule has 2 bridgehead atoms. The Balaban J connectivity index is 1.26. The lowest BCUT2D eigenvalue weighted by atomic mass is 10.1. The molecule has 3 atom stereocenters. The number of nitrogens with one attached hydrogen (secondary N) is 1. The first kappa shape index (κ1) is 32.1. The van der Waals surface area contributed by atoms with E-state index in [9.17, 15) is 14.4 Å². The highest BCUT2D eigenvalue weighted by Crippen LogP contribution is 2.32. The van der Waals surface area contributed by atoms with Gasteiger partial charge in [0, 0.05) is 52.6 Å². The summed E-state index contributed by atoms with van der Waals surface area (Å²) in [5.74, 6) is 1.16. The lowest BCUT2D eigenvalue weighted by Crippen LogP contribution is -2.57. The number of carbonyl (C=O) groups is 3. The summed E-state index contributed by atoms with van der Waals surface area (Å²) < 4.78 is 11.3. The number of nitrogens with zero attached hydrogens (tertiary/aromatic N) is 7. The van der Waals surface area contributed by atoms with E-state index in [1.807, 2.05) is 36.6 Å². The molecule has 3 unspecified atom stereocenters. The van der Waals surface area contributed by atoms with Gasteiger partial charge in [0.25, 0.3) is 11.8 Å². The maximum atomic E-state index is 13.4. The molecule has 3 saturated heterocycles. The Morgan fingerprint density at radius 3 is 2.44 bits per heavy atom. The van der Waals surface area contributed by atoms with E-state index in [0.29, 0.717) is 55.6 Å². The molecule has 1 N–H and O–H groups in total. The molecule has 5 rings (SSSR count). The molecule has 242 valence electrons. The van der Waals surface area contributed by atoms with Gasteiger partial charge in [-0.3, -0.25) is 14.5 Å². The molecule has 0 spiro atoms. The molecule has 4 aliphatic heterocycles. The molecule has 0 aliphatic carbocycles. The molecular formula is C32H44N8O5. The minimum absolute atomic E-state index is 0.00945. The number of aromatic nitrogens is 1. The number of amides is 3. The van der Waals surface area contributed by atoms with E-state index in [1.54, 1.807) is 36.0 Å². The Bertz CT molecular complexity index is 1380. The first-order valence-electron chi connectivity index (χ1n) is 15.5. The Morgan fingerprint density at radius 2 is 1.87 bits per heavy atom. The number of carbonyl (C=O) groups excluding carboxylic acids is 3. The largest absolute Gasteiger partial charge is 0.444 e. The smallest absolute Gasteiger partial charge is 0.410 e. The van der Waals surface area contributed by atoms with Crippen molar-refractivity contribution in [3.05, 3.63) is 48.4 Å². The van der Waals surface area contributed by atoms with Crippen LogP contribution in [0.2, 0.25) is 0 Å². The molecule has 5 heterocycles. The zero-order valence-corrected chi connectivity index (χ0v) is 26.9. The fourth-order valence-corrected chi connectivity index (χ4v) is 6.25. The van der Waals surface area contributed by atoms with Crippen LogP contribution in [0.1, 0.15) is 63.2 Å². The van der Waals surface area contributed by atoms with E-state index in [4.69, 9.17) is 14.5 Å². The number of hydrogen-bond acceptors (Lipinski definition) is 7. The average Bonchev–Trinajstić information content (AvgIpc) is 3.53. The van der Waals surface area contributed by atoms with E-state index in [-0.39, 0.29) is 42.0 Å². The van der Waals surface area contributed by atoms with Crippen molar-refractivity contribution in [2.45, 2.75) is 76.6 Å². The van der Waals surface area contributed by atoms with Crippen LogP contribution in [0.4, 0.5) is 10.6 Å². The van der Waals surface area contributed by atoms with Crippen molar-refractivity contribution in [1.29, 1.82) is 0 Å². The predicted molar refractivity (Wildman–Crippen MR) is 171 cm³/mol. The molecule has 13 nitrogen and oxygen atoms in total. The standard InChI is InChI=1S/C32H44N8O5/c1-7-33-30(36-27-15-13-25(29(42)37(5)6)40(27)24-9-8-16-44-20-24)35-26-14-10-21(17-34-26)28(41)38-18-22-11-12-23(19-38)39(22)31(43)45-32(2,3)4/h7,10,13-14,17,22-24H,1,8-9,11-12,15-16,18-20H2,2-6H3,(H,33,34,35). The van der Waals surface area contributed by atoms with Gasteiger partial charge in [-0.2, -0.15) is 4.99 Å². The number of guanidine groups is 1. The first-order chi connectivity index (χ1) is 21.4. The second-order valence-electron chi connectivity index (χ2n) is 12.9. The summed E-state index contributed by atoms with van der Waals surface area (Å²) >= 11 is 0. The van der Waals surface area contributed by atoms with Gasteiger partial charge in [-0.25, -0.2) is 14.8 Å². The third-order valence-electron chi connectivity index (χ3n) is 8.21.